The number of phenolic OH excluding ortho intramolecular Hbond substituents is 1. The summed E-state index contributed by atoms with van der Waals surface area (Å²) in [6.07, 6.45) is -1.48. The second kappa shape index (κ2) is 13.3. The van der Waals surface area contributed by atoms with Crippen LogP contribution in [0.3, 0.4) is 0 Å². The molecule has 0 saturated heterocycles. The van der Waals surface area contributed by atoms with Crippen LogP contribution < -0.4 is 22.1 Å². The van der Waals surface area contributed by atoms with E-state index >= 15 is 0 Å². The Hall–Kier alpha value is -4.00. The number of carboxylic acid groups (broad SMARTS) is 1. The van der Waals surface area contributed by atoms with Crippen LogP contribution in [0.5, 0.6) is 5.75 Å². The van der Waals surface area contributed by atoms with Gasteiger partial charge in [-0.15, -0.1) is 0 Å². The minimum Gasteiger partial charge on any atom is -0.508 e. The van der Waals surface area contributed by atoms with Gasteiger partial charge in [-0.1, -0.05) is 12.1 Å². The molecule has 2 aromatic rings. The number of aliphatic hydroxyl groups is 1. The first-order chi connectivity index (χ1) is 17.4. The van der Waals surface area contributed by atoms with Gasteiger partial charge in [0.2, 0.25) is 11.8 Å². The first kappa shape index (κ1) is 29.2. The molecule has 12 nitrogen and oxygen atoms in total. The molecular weight excluding hydrogens is 484 g/mol. The van der Waals surface area contributed by atoms with E-state index in [1.165, 1.54) is 13.2 Å². The standard InChI is InChI=1S/C25H32N4O8/c1-13-5-15(8-17(6-13)25(36)37-2)14-3-4-21(31)16(7-14)9-19(27)23(34)29-20(10-18(30)11-26)24(35)28-12-22(32)33/h3-8,18-20,30-31H,9-12,26-27H2,1-2H3,(H,28,35)(H,29,34)(H,32,33)/t18-,19+,20+/m1/s1. The Morgan fingerprint density at radius 1 is 1.05 bits per heavy atom. The number of aryl methyl sites for hydroxylation is 1. The lowest BCUT2D eigenvalue weighted by molar-refractivity contribution is -0.138. The summed E-state index contributed by atoms with van der Waals surface area (Å²) in [5.41, 5.74) is 14.3. The Labute approximate surface area is 213 Å². The molecule has 2 rings (SSSR count). The number of phenols is 1. The van der Waals surface area contributed by atoms with Crippen LogP contribution in [0.1, 0.15) is 27.9 Å². The van der Waals surface area contributed by atoms with Crippen LogP contribution in [0.4, 0.5) is 0 Å². The maximum absolute atomic E-state index is 12.8. The largest absolute Gasteiger partial charge is 0.508 e. The van der Waals surface area contributed by atoms with Crippen LogP contribution in [0.25, 0.3) is 11.1 Å². The van der Waals surface area contributed by atoms with Gasteiger partial charge in [-0.05, 0) is 53.4 Å². The van der Waals surface area contributed by atoms with Gasteiger partial charge in [-0.2, -0.15) is 0 Å². The van der Waals surface area contributed by atoms with Crippen molar-refractivity contribution >= 4 is 23.8 Å². The predicted octanol–water partition coefficient (Wildman–Crippen LogP) is -0.581. The first-order valence-electron chi connectivity index (χ1n) is 11.4. The van der Waals surface area contributed by atoms with E-state index in [0.717, 1.165) is 5.56 Å². The van der Waals surface area contributed by atoms with Crippen molar-refractivity contribution in [2.24, 2.45) is 11.5 Å². The van der Waals surface area contributed by atoms with Gasteiger partial charge in [0, 0.05) is 19.4 Å². The lowest BCUT2D eigenvalue weighted by atomic mass is 9.96. The third-order valence-corrected chi connectivity index (χ3v) is 5.51. The number of aliphatic carboxylic acids is 1. The number of hydrogen-bond acceptors (Lipinski definition) is 9. The molecule has 0 radical (unpaired) electrons. The number of carboxylic acids is 1. The SMILES string of the molecule is COC(=O)c1cc(C)cc(-c2ccc(O)c(C[C@H](N)C(=O)N[C@@H](C[C@@H](O)CN)C(=O)NCC(=O)O)c2)c1. The lowest BCUT2D eigenvalue weighted by Crippen LogP contribution is -2.54. The zero-order valence-corrected chi connectivity index (χ0v) is 20.6. The summed E-state index contributed by atoms with van der Waals surface area (Å²) in [5.74, 6) is -3.46. The zero-order valence-electron chi connectivity index (χ0n) is 20.6. The molecule has 2 aromatic carbocycles. The van der Waals surface area contributed by atoms with Crippen LogP contribution >= 0.6 is 0 Å². The Kier molecular flexibility index (Phi) is 10.5. The van der Waals surface area contributed by atoms with Crippen molar-refractivity contribution in [3.05, 3.63) is 53.1 Å². The fourth-order valence-electron chi connectivity index (χ4n) is 3.61. The van der Waals surface area contributed by atoms with Gasteiger partial charge in [-0.25, -0.2) is 4.79 Å². The Balaban J connectivity index is 2.22. The second-order valence-corrected chi connectivity index (χ2v) is 8.53. The van der Waals surface area contributed by atoms with Crippen molar-refractivity contribution in [2.45, 2.75) is 38.0 Å². The summed E-state index contributed by atoms with van der Waals surface area (Å²) in [4.78, 5) is 47.8. The van der Waals surface area contributed by atoms with E-state index in [1.54, 1.807) is 24.3 Å². The quantitative estimate of drug-likeness (QED) is 0.178. The average molecular weight is 517 g/mol. The Morgan fingerprint density at radius 3 is 2.38 bits per heavy atom. The molecule has 0 heterocycles. The number of aliphatic hydroxyl groups excluding tert-OH is 1. The van der Waals surface area contributed by atoms with E-state index in [4.69, 9.17) is 21.3 Å². The Bertz CT molecular complexity index is 1150. The first-order valence-corrected chi connectivity index (χ1v) is 11.4. The molecule has 0 spiro atoms. The number of carbonyl (C=O) groups is 4. The van der Waals surface area contributed by atoms with Gasteiger partial charge in [-0.3, -0.25) is 14.4 Å². The third-order valence-electron chi connectivity index (χ3n) is 5.51. The van der Waals surface area contributed by atoms with Crippen LogP contribution in [0.2, 0.25) is 0 Å². The van der Waals surface area contributed by atoms with E-state index in [-0.39, 0.29) is 25.1 Å². The average Bonchev–Trinajstić information content (AvgIpc) is 2.86. The molecule has 3 atom stereocenters. The number of aromatic hydroxyl groups is 1. The molecule has 9 N–H and O–H groups in total. The summed E-state index contributed by atoms with van der Waals surface area (Å²) in [5, 5.41) is 33.5. The number of rotatable bonds is 12. The number of carbonyl (C=O) groups excluding carboxylic acids is 3. The number of nitrogens with one attached hydrogen (secondary N) is 2. The van der Waals surface area contributed by atoms with Gasteiger partial charge in [0.25, 0.3) is 0 Å². The number of esters is 1. The van der Waals surface area contributed by atoms with E-state index in [2.05, 4.69) is 10.6 Å². The molecule has 0 saturated carbocycles. The van der Waals surface area contributed by atoms with Gasteiger partial charge in [0.1, 0.15) is 18.3 Å². The Morgan fingerprint density at radius 2 is 1.76 bits per heavy atom. The number of benzene rings is 2. The number of methoxy groups -OCH3 is 1. The fourth-order valence-corrected chi connectivity index (χ4v) is 3.61. The number of ether oxygens (including phenoxy) is 1. The fraction of sp³-hybridized carbons (Fsp3) is 0.360. The van der Waals surface area contributed by atoms with Crippen LogP contribution in [-0.2, 0) is 25.5 Å². The molecule has 0 fully saturated rings. The van der Waals surface area contributed by atoms with E-state index in [9.17, 15) is 29.4 Å². The molecule has 0 aliphatic heterocycles. The highest BCUT2D eigenvalue weighted by Crippen LogP contribution is 2.28. The lowest BCUT2D eigenvalue weighted by Gasteiger charge is -2.22. The van der Waals surface area contributed by atoms with Crippen molar-refractivity contribution in [3.8, 4) is 16.9 Å². The summed E-state index contributed by atoms with van der Waals surface area (Å²) < 4.78 is 4.79. The van der Waals surface area contributed by atoms with Gasteiger partial charge < -0.3 is 42.2 Å². The topological polar surface area (TPSA) is 214 Å². The molecule has 200 valence electrons. The molecule has 2 amide bonds. The van der Waals surface area contributed by atoms with Crippen LogP contribution in [-0.4, -0.2) is 77.5 Å². The zero-order chi connectivity index (χ0) is 27.7. The second-order valence-electron chi connectivity index (χ2n) is 8.53. The van der Waals surface area contributed by atoms with Gasteiger partial charge in [0.15, 0.2) is 0 Å². The molecule has 0 aliphatic carbocycles. The van der Waals surface area contributed by atoms with Crippen LogP contribution in [0.15, 0.2) is 36.4 Å². The number of amides is 2. The van der Waals surface area contributed by atoms with Crippen molar-refractivity contribution < 1.29 is 39.2 Å². The molecule has 12 heteroatoms. The molecule has 0 aliphatic rings. The highest BCUT2D eigenvalue weighted by molar-refractivity contribution is 5.92. The number of nitrogens with two attached hydrogens (primary N) is 2. The molecular formula is C25H32N4O8. The minimum absolute atomic E-state index is 0.107. The molecule has 0 unspecified atom stereocenters. The molecule has 0 bridgehead atoms. The number of hydrogen-bond donors (Lipinski definition) is 7. The van der Waals surface area contributed by atoms with Crippen LogP contribution in [0, 0.1) is 6.92 Å². The highest BCUT2D eigenvalue weighted by Gasteiger charge is 2.27. The normalized spacial score (nSPS) is 13.2. The van der Waals surface area contributed by atoms with Gasteiger partial charge >= 0.3 is 11.9 Å². The molecule has 37 heavy (non-hydrogen) atoms. The maximum Gasteiger partial charge on any atom is 0.337 e. The highest BCUT2D eigenvalue weighted by atomic mass is 16.5. The van der Waals surface area contributed by atoms with E-state index in [1.807, 2.05) is 13.0 Å². The smallest absolute Gasteiger partial charge is 0.337 e. The maximum atomic E-state index is 12.8. The predicted molar refractivity (Wildman–Crippen MR) is 134 cm³/mol. The summed E-state index contributed by atoms with van der Waals surface area (Å²) in [6.45, 7) is 0.970. The molecule has 0 aromatic heterocycles. The van der Waals surface area contributed by atoms with E-state index < -0.39 is 48.5 Å². The van der Waals surface area contributed by atoms with Crippen molar-refractivity contribution in [3.63, 3.8) is 0 Å². The third kappa shape index (κ3) is 8.56. The van der Waals surface area contributed by atoms with Crippen molar-refractivity contribution in [1.29, 1.82) is 0 Å². The van der Waals surface area contributed by atoms with Crippen molar-refractivity contribution in [2.75, 3.05) is 20.2 Å². The minimum atomic E-state index is -1.28. The summed E-state index contributed by atoms with van der Waals surface area (Å²) >= 11 is 0. The summed E-state index contributed by atoms with van der Waals surface area (Å²) in [7, 11) is 1.28. The van der Waals surface area contributed by atoms with E-state index in [0.29, 0.717) is 22.3 Å². The van der Waals surface area contributed by atoms with Crippen molar-refractivity contribution in [1.82, 2.24) is 10.6 Å². The van der Waals surface area contributed by atoms with Gasteiger partial charge in [0.05, 0.1) is 24.8 Å². The summed E-state index contributed by atoms with van der Waals surface area (Å²) in [6, 6.07) is 7.42. The monoisotopic (exact) mass is 516 g/mol.